The lowest BCUT2D eigenvalue weighted by Gasteiger charge is -2.39. The maximum atomic E-state index is 13.6. The zero-order valence-corrected chi connectivity index (χ0v) is 33.1. The molecule has 1 aromatic heterocycles. The van der Waals surface area contributed by atoms with Crippen LogP contribution in [0.3, 0.4) is 0 Å². The van der Waals surface area contributed by atoms with Crippen LogP contribution in [0.5, 0.6) is 23.3 Å². The number of ether oxygens (including phenoxy) is 1. The molecule has 4 N–H and O–H groups in total. The van der Waals surface area contributed by atoms with Crippen LogP contribution < -0.4 is 34.3 Å². The molecule has 0 fully saturated rings. The number of hydrogen-bond donors (Lipinski definition) is 4. The molecule has 0 bridgehead atoms. The van der Waals surface area contributed by atoms with Gasteiger partial charge in [0.15, 0.2) is 0 Å². The largest absolute Gasteiger partial charge is 0.492 e. The van der Waals surface area contributed by atoms with Crippen molar-refractivity contribution in [2.45, 2.75) is 86.8 Å². The fraction of sp³-hybridized carbons (Fsp3) is 0.415. The number of aryl methyl sites for hydroxylation is 2. The molecule has 14 nitrogen and oxygen atoms in total. The van der Waals surface area contributed by atoms with Crippen molar-refractivity contribution in [1.29, 1.82) is 0 Å². The molecule has 9 rings (SSSR count). The second kappa shape index (κ2) is 14.5. The van der Waals surface area contributed by atoms with Crippen LogP contribution >= 0.6 is 0 Å². The fourth-order valence-corrected chi connectivity index (χ4v) is 11.3. The zero-order chi connectivity index (χ0) is 39.6. The number of carbonyl (C=O) groups is 1. The molecule has 5 aliphatic heterocycles. The summed E-state index contributed by atoms with van der Waals surface area (Å²) < 4.78 is 77.3. The summed E-state index contributed by atoms with van der Waals surface area (Å²) in [6.45, 7) is 3.89. The summed E-state index contributed by atoms with van der Waals surface area (Å²) in [5.41, 5.74) is 7.37. The van der Waals surface area contributed by atoms with E-state index >= 15 is 0 Å². The number of aromatic nitrogens is 1. The predicted molar refractivity (Wildman–Crippen MR) is 210 cm³/mol. The van der Waals surface area contributed by atoms with E-state index in [9.17, 15) is 36.4 Å². The second-order valence-corrected chi connectivity index (χ2v) is 18.7. The van der Waals surface area contributed by atoms with Crippen molar-refractivity contribution in [3.8, 4) is 23.3 Å². The standard InChI is InChI=1S/C41H44N4O10S2/c46-34-15-16-35(47)45(34)55-36(48)12-2-1-3-17-42-56(49,50)27-13-14-28(33(24-27)57(51,52)53)37-31-22-25-8-4-18-43-20-6-10-29(38(25)43)40(31)54-41-30-11-7-21-44-19-5-9-26(39(30)44)23-32(37)41/h13-16,22-24,42H,1-12,17-21H2,(H2-,46,47,51,52,53)/p+1. The van der Waals surface area contributed by atoms with Crippen molar-refractivity contribution in [2.75, 3.05) is 37.6 Å². The number of fused-ring (bicyclic) bond motifs is 4. The Morgan fingerprint density at radius 2 is 1.53 bits per heavy atom. The molecule has 0 radical (unpaired) electrons. The first-order chi connectivity index (χ1) is 27.4. The van der Waals surface area contributed by atoms with Gasteiger partial charge in [0.2, 0.25) is 27.1 Å². The third-order valence-corrected chi connectivity index (χ3v) is 14.2. The quantitative estimate of drug-likeness (QED) is 0.0872. The molecule has 16 heteroatoms. The van der Waals surface area contributed by atoms with Crippen LogP contribution in [-0.4, -0.2) is 75.0 Å². The van der Waals surface area contributed by atoms with Gasteiger partial charge < -0.3 is 24.7 Å². The Balaban J connectivity index is 1.07. The topological polar surface area (TPSA) is 188 Å². The Morgan fingerprint density at radius 1 is 0.807 bits per heavy atom. The van der Waals surface area contributed by atoms with Gasteiger partial charge in [-0.05, 0) is 81.2 Å². The van der Waals surface area contributed by atoms with E-state index in [4.69, 9.17) is 9.57 Å². The van der Waals surface area contributed by atoms with Gasteiger partial charge in [-0.15, -0.1) is 4.73 Å². The van der Waals surface area contributed by atoms with E-state index in [1.165, 1.54) is 46.4 Å². The number of nitrogens with zero attached hydrogens (tertiary/aromatic N) is 3. The predicted octanol–water partition coefficient (Wildman–Crippen LogP) is 3.08. The van der Waals surface area contributed by atoms with Gasteiger partial charge in [0.05, 0.1) is 10.5 Å². The molecule has 0 spiro atoms. The Morgan fingerprint density at radius 3 is 2.30 bits per heavy atom. The van der Waals surface area contributed by atoms with Crippen molar-refractivity contribution in [1.82, 2.24) is 14.0 Å². The third kappa shape index (κ3) is 6.75. The SMILES string of the molecule is O=C(CCCCCNS(=O)(=O)c1ccc(C2=c3cc4c5c(c3Oc3c2cc2c6c3CCCN6CCC2)CCC[N+]=5CCC4)c(S(=O)(=O)O)c1)On1c(O)ccc1O. The molecule has 5 aliphatic rings. The maximum Gasteiger partial charge on any atom is 0.333 e. The highest BCUT2D eigenvalue weighted by Gasteiger charge is 2.37. The molecule has 0 saturated carbocycles. The van der Waals surface area contributed by atoms with Crippen LogP contribution in [0.4, 0.5) is 5.69 Å². The molecule has 300 valence electrons. The summed E-state index contributed by atoms with van der Waals surface area (Å²) >= 11 is 0. The number of anilines is 1. The van der Waals surface area contributed by atoms with Crippen LogP contribution in [0, 0.1) is 0 Å². The van der Waals surface area contributed by atoms with E-state index in [0.717, 1.165) is 106 Å². The molecule has 0 saturated heterocycles. The molecule has 0 atom stereocenters. The number of nitrogens with one attached hydrogen (secondary N) is 1. The molecule has 6 heterocycles. The third-order valence-electron chi connectivity index (χ3n) is 11.8. The van der Waals surface area contributed by atoms with Gasteiger partial charge in [-0.3, -0.25) is 4.55 Å². The monoisotopic (exact) mass is 817 g/mol. The number of carbonyl (C=O) groups excluding carboxylic acids is 1. The summed E-state index contributed by atoms with van der Waals surface area (Å²) in [6.07, 6.45) is 8.42. The van der Waals surface area contributed by atoms with Crippen LogP contribution in [-0.2, 0) is 50.6 Å². The molecule has 0 aliphatic carbocycles. The molecule has 3 aromatic carbocycles. The first kappa shape index (κ1) is 37.7. The molecule has 0 unspecified atom stereocenters. The van der Waals surface area contributed by atoms with E-state index in [1.807, 2.05) is 0 Å². The second-order valence-electron chi connectivity index (χ2n) is 15.5. The summed E-state index contributed by atoms with van der Waals surface area (Å²) in [4.78, 5) is 18.7. The van der Waals surface area contributed by atoms with Crippen LogP contribution in [0.1, 0.15) is 84.7 Å². The van der Waals surface area contributed by atoms with Gasteiger partial charge >= 0.3 is 5.97 Å². The minimum atomic E-state index is -4.94. The van der Waals surface area contributed by atoms with Crippen LogP contribution in [0.15, 0.2) is 52.3 Å². The number of unbranched alkanes of at least 4 members (excludes halogenated alkanes) is 2. The van der Waals surface area contributed by atoms with Crippen molar-refractivity contribution in [3.63, 3.8) is 0 Å². The van der Waals surface area contributed by atoms with Gasteiger partial charge in [-0.25, -0.2) is 22.5 Å². The van der Waals surface area contributed by atoms with E-state index in [0.29, 0.717) is 41.1 Å². The highest BCUT2D eigenvalue weighted by Crippen LogP contribution is 2.49. The lowest BCUT2D eigenvalue weighted by molar-refractivity contribution is -0.145. The number of rotatable bonds is 11. The molecule has 4 aromatic rings. The van der Waals surface area contributed by atoms with E-state index in [1.54, 1.807) is 0 Å². The smallest absolute Gasteiger partial charge is 0.333 e. The van der Waals surface area contributed by atoms with Crippen LogP contribution in [0.25, 0.3) is 5.57 Å². The first-order valence-corrected chi connectivity index (χ1v) is 22.7. The highest BCUT2D eigenvalue weighted by atomic mass is 32.2. The van der Waals surface area contributed by atoms with E-state index < -0.39 is 42.8 Å². The summed E-state index contributed by atoms with van der Waals surface area (Å²) in [5.74, 6) is -0.131. The number of aromatic hydroxyl groups is 2. The fourth-order valence-electron chi connectivity index (χ4n) is 9.40. The van der Waals surface area contributed by atoms with Crippen molar-refractivity contribution < 1.29 is 46.0 Å². The summed E-state index contributed by atoms with van der Waals surface area (Å²) in [7, 11) is -9.17. The normalized spacial score (nSPS) is 17.0. The molecular weight excluding hydrogens is 773 g/mol. The average molecular weight is 818 g/mol. The lowest BCUT2D eigenvalue weighted by atomic mass is 9.82. The van der Waals surface area contributed by atoms with Crippen LogP contribution in [0.2, 0.25) is 0 Å². The first-order valence-electron chi connectivity index (χ1n) is 19.7. The van der Waals surface area contributed by atoms with Crippen molar-refractivity contribution in [2.24, 2.45) is 0 Å². The number of benzene rings is 3. The summed E-state index contributed by atoms with van der Waals surface area (Å²) in [6, 6.07) is 10.5. The van der Waals surface area contributed by atoms with Gasteiger partial charge in [0.25, 0.3) is 10.1 Å². The Bertz CT molecular complexity index is 2680. The molecular formula is C41H45N4O10S2+. The Kier molecular flexibility index (Phi) is 9.57. The molecule has 57 heavy (non-hydrogen) atoms. The zero-order valence-electron chi connectivity index (χ0n) is 31.4. The lowest BCUT2D eigenvalue weighted by Crippen LogP contribution is -2.45. The molecule has 0 amide bonds. The minimum absolute atomic E-state index is 0.00475. The maximum absolute atomic E-state index is 13.6. The van der Waals surface area contributed by atoms with Gasteiger partial charge in [0.1, 0.15) is 29.5 Å². The van der Waals surface area contributed by atoms with Gasteiger partial charge in [0, 0.05) is 89.8 Å². The highest BCUT2D eigenvalue weighted by molar-refractivity contribution is 7.89. The Hall–Kier alpha value is -4.90. The van der Waals surface area contributed by atoms with Crippen molar-refractivity contribution >= 4 is 37.4 Å². The number of sulfonamides is 1. The van der Waals surface area contributed by atoms with E-state index in [2.05, 4.69) is 26.3 Å². The van der Waals surface area contributed by atoms with Gasteiger partial charge in [-0.1, -0.05) is 12.5 Å². The minimum Gasteiger partial charge on any atom is -0.492 e. The average Bonchev–Trinajstić information content (AvgIpc) is 3.50. The Labute approximate surface area is 330 Å². The summed E-state index contributed by atoms with van der Waals surface area (Å²) in [5, 5.41) is 21.3. The van der Waals surface area contributed by atoms with E-state index in [-0.39, 0.29) is 23.4 Å². The van der Waals surface area contributed by atoms with Gasteiger partial charge in [-0.2, -0.15) is 8.42 Å². The van der Waals surface area contributed by atoms with Crippen molar-refractivity contribution in [3.05, 3.63) is 86.4 Å². The number of hydrogen-bond acceptors (Lipinski definition) is 10.